The van der Waals surface area contributed by atoms with E-state index in [0.717, 1.165) is 30.7 Å². The third kappa shape index (κ3) is 4.17. The van der Waals surface area contributed by atoms with E-state index in [1.807, 2.05) is 11.1 Å². The zero-order valence-corrected chi connectivity index (χ0v) is 21.0. The first-order valence-electron chi connectivity index (χ1n) is 12.6. The third-order valence-electron chi connectivity index (χ3n) is 8.05. The van der Waals surface area contributed by atoms with E-state index in [0.29, 0.717) is 36.8 Å². The summed E-state index contributed by atoms with van der Waals surface area (Å²) in [5, 5.41) is 6.95. The number of hydrogen-bond donors (Lipinski definition) is 1. The number of hydrogen-bond acceptors (Lipinski definition) is 6. The molecule has 3 atom stereocenters. The van der Waals surface area contributed by atoms with E-state index in [-0.39, 0.29) is 29.1 Å². The number of rotatable bonds is 5. The van der Waals surface area contributed by atoms with Crippen LogP contribution in [-0.2, 0) is 11.0 Å². The number of aromatic nitrogens is 6. The van der Waals surface area contributed by atoms with Crippen molar-refractivity contribution in [3.63, 3.8) is 0 Å². The predicted octanol–water partition coefficient (Wildman–Crippen LogP) is 4.36. The van der Waals surface area contributed by atoms with Crippen LogP contribution in [0.25, 0.3) is 17.2 Å². The van der Waals surface area contributed by atoms with Crippen LogP contribution in [-0.4, -0.2) is 60.0 Å². The monoisotopic (exact) mass is 524 g/mol. The van der Waals surface area contributed by atoms with Gasteiger partial charge in [-0.15, -0.1) is 0 Å². The third-order valence-corrected chi connectivity index (χ3v) is 8.05. The molecule has 9 nitrogen and oxygen atoms in total. The maximum absolute atomic E-state index is 13.5. The molecule has 38 heavy (non-hydrogen) atoms. The number of alkyl halides is 3. The van der Waals surface area contributed by atoms with Crippen LogP contribution in [0.5, 0.6) is 0 Å². The number of anilines is 1. The minimum atomic E-state index is -4.48. The Morgan fingerprint density at radius 3 is 2.74 bits per heavy atom. The van der Waals surface area contributed by atoms with Crippen LogP contribution >= 0.6 is 0 Å². The van der Waals surface area contributed by atoms with Crippen molar-refractivity contribution < 1.29 is 18.0 Å². The maximum atomic E-state index is 13.5. The van der Waals surface area contributed by atoms with E-state index in [9.17, 15) is 18.0 Å². The number of pyridine rings is 1. The average Bonchev–Trinajstić information content (AvgIpc) is 3.27. The van der Waals surface area contributed by atoms with Gasteiger partial charge < -0.3 is 9.80 Å². The van der Waals surface area contributed by atoms with E-state index in [2.05, 4.69) is 38.9 Å². The van der Waals surface area contributed by atoms with Gasteiger partial charge in [-0.05, 0) is 36.5 Å². The number of H-pyrrole nitrogens is 1. The summed E-state index contributed by atoms with van der Waals surface area (Å²) in [5.74, 6) is 1.11. The molecule has 1 amide bonds. The molecule has 1 aliphatic heterocycles. The van der Waals surface area contributed by atoms with Gasteiger partial charge in [-0.1, -0.05) is 13.8 Å². The fourth-order valence-electron chi connectivity index (χ4n) is 5.33. The van der Waals surface area contributed by atoms with Crippen molar-refractivity contribution in [2.45, 2.75) is 38.9 Å². The molecule has 0 bridgehead atoms. The number of fused-ring (bicyclic) bond motifs is 1. The van der Waals surface area contributed by atoms with E-state index in [1.54, 1.807) is 18.5 Å². The molecule has 1 N–H and O–H groups in total. The van der Waals surface area contributed by atoms with Crippen LogP contribution in [0.1, 0.15) is 43.9 Å². The second kappa shape index (κ2) is 8.81. The first-order chi connectivity index (χ1) is 18.2. The summed E-state index contributed by atoms with van der Waals surface area (Å²) in [7, 11) is 0. The number of nitrogens with one attached hydrogen (secondary N) is 1. The first-order valence-corrected chi connectivity index (χ1v) is 12.6. The van der Waals surface area contributed by atoms with Gasteiger partial charge >= 0.3 is 6.18 Å². The first kappa shape index (κ1) is 24.4. The highest BCUT2D eigenvalue weighted by Crippen LogP contribution is 2.56. The number of nitrogens with zero attached hydrogens (tertiary/aromatic N) is 7. The van der Waals surface area contributed by atoms with Gasteiger partial charge in [0.15, 0.2) is 5.82 Å². The average molecular weight is 525 g/mol. The van der Waals surface area contributed by atoms with Gasteiger partial charge in [-0.3, -0.25) is 14.3 Å². The van der Waals surface area contributed by atoms with Crippen LogP contribution in [0.4, 0.5) is 19.0 Å². The second-order valence-electron chi connectivity index (χ2n) is 10.3. The van der Waals surface area contributed by atoms with Crippen LogP contribution in [0.2, 0.25) is 0 Å². The maximum Gasteiger partial charge on any atom is 0.417 e. The molecule has 198 valence electrons. The number of halogens is 3. The van der Waals surface area contributed by atoms with E-state index in [4.69, 9.17) is 4.98 Å². The number of piperazine rings is 1. The van der Waals surface area contributed by atoms with Crippen LogP contribution in [0.3, 0.4) is 0 Å². The van der Waals surface area contributed by atoms with Gasteiger partial charge in [-0.2, -0.15) is 18.3 Å². The molecule has 0 aromatic carbocycles. The van der Waals surface area contributed by atoms with Crippen molar-refractivity contribution in [1.82, 2.24) is 34.4 Å². The molecule has 4 aromatic rings. The molecule has 12 heteroatoms. The molecular weight excluding hydrogens is 497 g/mol. The SMILES string of the molecule is CCC1(C)CC1C(=O)N1CCN(c2ccnc(-c3cnc4ccc(C(F)(F)F)cn34)n2)CC1c1cn[nH]c1. The van der Waals surface area contributed by atoms with Gasteiger partial charge in [0.2, 0.25) is 5.91 Å². The number of carbonyl (C=O) groups is 1. The van der Waals surface area contributed by atoms with Gasteiger partial charge in [-0.25, -0.2) is 15.0 Å². The molecule has 1 aliphatic carbocycles. The van der Waals surface area contributed by atoms with Gasteiger partial charge in [0, 0.05) is 49.7 Å². The fourth-order valence-corrected chi connectivity index (χ4v) is 5.33. The number of imidazole rings is 1. The largest absolute Gasteiger partial charge is 0.417 e. The molecular formula is C26H27F3N8O. The van der Waals surface area contributed by atoms with Crippen molar-refractivity contribution in [2.24, 2.45) is 11.3 Å². The van der Waals surface area contributed by atoms with E-state index >= 15 is 0 Å². The summed E-state index contributed by atoms with van der Waals surface area (Å²) >= 11 is 0. The quantitative estimate of drug-likeness (QED) is 0.417. The molecule has 4 aromatic heterocycles. The number of amides is 1. The normalized spacial score (nSPS) is 23.7. The zero-order valence-electron chi connectivity index (χ0n) is 21.0. The Morgan fingerprint density at radius 1 is 1.18 bits per heavy atom. The highest BCUT2D eigenvalue weighted by atomic mass is 19.4. The molecule has 0 radical (unpaired) electrons. The zero-order chi connectivity index (χ0) is 26.7. The van der Waals surface area contributed by atoms with Crippen molar-refractivity contribution >= 4 is 17.4 Å². The molecule has 2 fully saturated rings. The van der Waals surface area contributed by atoms with Crippen LogP contribution in [0.15, 0.2) is 49.2 Å². The summed E-state index contributed by atoms with van der Waals surface area (Å²) in [6.07, 6.45) is 5.01. The molecule has 1 saturated heterocycles. The Morgan fingerprint density at radius 2 is 2.03 bits per heavy atom. The lowest BCUT2D eigenvalue weighted by Crippen LogP contribution is -2.51. The topological polar surface area (TPSA) is 95.3 Å². The van der Waals surface area contributed by atoms with Crippen LogP contribution in [0, 0.1) is 11.3 Å². The molecule has 2 aliphatic rings. The minimum absolute atomic E-state index is 0.0378. The Kier molecular flexibility index (Phi) is 5.65. The Hall–Kier alpha value is -3.96. The number of carbonyl (C=O) groups excluding carboxylic acids is 1. The Labute approximate surface area is 216 Å². The highest BCUT2D eigenvalue weighted by molar-refractivity contribution is 5.83. The van der Waals surface area contributed by atoms with Gasteiger partial charge in [0.05, 0.1) is 24.0 Å². The molecule has 5 heterocycles. The van der Waals surface area contributed by atoms with E-state index in [1.165, 1.54) is 16.7 Å². The fraction of sp³-hybridized carbons (Fsp3) is 0.423. The highest BCUT2D eigenvalue weighted by Gasteiger charge is 2.55. The summed E-state index contributed by atoms with van der Waals surface area (Å²) < 4.78 is 41.3. The number of aromatic amines is 1. The molecule has 0 spiro atoms. The van der Waals surface area contributed by atoms with Crippen LogP contribution < -0.4 is 4.90 Å². The second-order valence-corrected chi connectivity index (χ2v) is 10.3. The summed E-state index contributed by atoms with van der Waals surface area (Å²) in [6.45, 7) is 5.88. The standard InChI is InChI=1S/C26H27F3N8O/c1-3-25(2)10-18(25)24(38)36-9-8-35(15-20(36)16-11-32-33-12-16)22-6-7-30-23(34-22)19-13-31-21-5-4-17(14-37(19)21)26(27,28)29/h4-7,11-14,18,20H,3,8-10,15H2,1-2H3,(H,32,33). The Bertz CT molecular complexity index is 1480. The summed E-state index contributed by atoms with van der Waals surface area (Å²) in [6, 6.07) is 3.89. The molecule has 3 unspecified atom stereocenters. The summed E-state index contributed by atoms with van der Waals surface area (Å²) in [4.78, 5) is 30.8. The van der Waals surface area contributed by atoms with Crippen molar-refractivity contribution in [3.05, 3.63) is 60.3 Å². The van der Waals surface area contributed by atoms with Crippen molar-refractivity contribution in [3.8, 4) is 11.5 Å². The smallest absolute Gasteiger partial charge is 0.352 e. The van der Waals surface area contributed by atoms with Gasteiger partial charge in [0.25, 0.3) is 0 Å². The lowest BCUT2D eigenvalue weighted by molar-refractivity contribution is -0.138. The van der Waals surface area contributed by atoms with Gasteiger partial charge in [0.1, 0.15) is 17.2 Å². The summed E-state index contributed by atoms with van der Waals surface area (Å²) in [5.41, 5.74) is 0.933. The lowest BCUT2D eigenvalue weighted by atomic mass is 10.0. The van der Waals surface area contributed by atoms with Crippen molar-refractivity contribution in [1.29, 1.82) is 0 Å². The molecule has 6 rings (SSSR count). The van der Waals surface area contributed by atoms with E-state index < -0.39 is 11.7 Å². The predicted molar refractivity (Wildman–Crippen MR) is 133 cm³/mol. The van der Waals surface area contributed by atoms with Crippen molar-refractivity contribution in [2.75, 3.05) is 24.5 Å². The minimum Gasteiger partial charge on any atom is -0.352 e. The molecule has 1 saturated carbocycles. The Balaban J connectivity index is 1.29. The lowest BCUT2D eigenvalue weighted by Gasteiger charge is -2.42.